The number of amides is 1. The fourth-order valence-electron chi connectivity index (χ4n) is 0.665. The zero-order valence-electron chi connectivity index (χ0n) is 6.96. The van der Waals surface area contributed by atoms with E-state index in [0.29, 0.717) is 5.13 Å². The highest BCUT2D eigenvalue weighted by molar-refractivity contribution is 7.13. The van der Waals surface area contributed by atoms with Gasteiger partial charge in [-0.15, -0.1) is 11.3 Å². The standard InChI is InChI=1S/C7H10N2O2S.H2/c1-3-5-4-12-6(8-5)9-7(10)11-2;/h4H,3H2,1-2H3,(H,8,9,10);1H. The molecule has 0 unspecified atom stereocenters. The predicted octanol–water partition coefficient (Wildman–Crippen LogP) is 2.13. The van der Waals surface area contributed by atoms with E-state index in [1.54, 1.807) is 0 Å². The first-order valence-electron chi connectivity index (χ1n) is 3.55. The van der Waals surface area contributed by atoms with Crippen LogP contribution in [-0.2, 0) is 11.2 Å². The molecule has 1 rings (SSSR count). The minimum absolute atomic E-state index is 0. The van der Waals surface area contributed by atoms with Crippen LogP contribution in [0.15, 0.2) is 5.38 Å². The fourth-order valence-corrected chi connectivity index (χ4v) is 1.44. The minimum atomic E-state index is -0.480. The second kappa shape index (κ2) is 4.06. The summed E-state index contributed by atoms with van der Waals surface area (Å²) < 4.78 is 4.41. The van der Waals surface area contributed by atoms with Crippen LogP contribution >= 0.6 is 11.3 Å². The molecule has 0 bridgehead atoms. The molecule has 68 valence electrons. The van der Waals surface area contributed by atoms with Gasteiger partial charge in [0.15, 0.2) is 5.13 Å². The lowest BCUT2D eigenvalue weighted by atomic mass is 10.4. The van der Waals surface area contributed by atoms with E-state index in [0.717, 1.165) is 12.1 Å². The molecule has 1 heterocycles. The van der Waals surface area contributed by atoms with Gasteiger partial charge in [0.2, 0.25) is 0 Å². The molecule has 0 spiro atoms. The first-order valence-corrected chi connectivity index (χ1v) is 4.43. The Balaban J connectivity index is 0.00000144. The van der Waals surface area contributed by atoms with Crippen molar-refractivity contribution in [3.05, 3.63) is 11.1 Å². The lowest BCUT2D eigenvalue weighted by Crippen LogP contribution is -2.10. The number of ether oxygens (including phenoxy) is 1. The van der Waals surface area contributed by atoms with E-state index in [1.165, 1.54) is 18.4 Å². The molecule has 1 aromatic rings. The highest BCUT2D eigenvalue weighted by Gasteiger charge is 2.03. The lowest BCUT2D eigenvalue weighted by Gasteiger charge is -1.96. The summed E-state index contributed by atoms with van der Waals surface area (Å²) >= 11 is 1.39. The number of anilines is 1. The molecular weight excluding hydrogens is 176 g/mol. The molecule has 1 amide bonds. The Bertz CT molecular complexity index is 277. The van der Waals surface area contributed by atoms with Gasteiger partial charge in [0.1, 0.15) is 0 Å². The van der Waals surface area contributed by atoms with Gasteiger partial charge in [0, 0.05) is 6.81 Å². The van der Waals surface area contributed by atoms with Crippen molar-refractivity contribution in [1.82, 2.24) is 4.98 Å². The van der Waals surface area contributed by atoms with Crippen molar-refractivity contribution >= 4 is 22.6 Å². The SMILES string of the molecule is CCc1csc(NC(=O)OC)n1.[HH]. The largest absolute Gasteiger partial charge is 0.453 e. The third-order valence-electron chi connectivity index (χ3n) is 1.31. The summed E-state index contributed by atoms with van der Waals surface area (Å²) in [5, 5.41) is 4.98. The topological polar surface area (TPSA) is 51.2 Å². The Kier molecular flexibility index (Phi) is 3.04. The van der Waals surface area contributed by atoms with E-state index in [-0.39, 0.29) is 1.43 Å². The Labute approximate surface area is 76.1 Å². The van der Waals surface area contributed by atoms with Gasteiger partial charge < -0.3 is 4.74 Å². The summed E-state index contributed by atoms with van der Waals surface area (Å²) in [5.41, 5.74) is 0.978. The molecule has 0 aliphatic rings. The van der Waals surface area contributed by atoms with Gasteiger partial charge in [-0.25, -0.2) is 9.78 Å². The number of carbonyl (C=O) groups is 1. The number of hydrogen-bond acceptors (Lipinski definition) is 4. The van der Waals surface area contributed by atoms with Crippen LogP contribution in [0, 0.1) is 0 Å². The van der Waals surface area contributed by atoms with E-state index in [1.807, 2.05) is 12.3 Å². The van der Waals surface area contributed by atoms with Gasteiger partial charge in [-0.1, -0.05) is 6.92 Å². The van der Waals surface area contributed by atoms with E-state index in [4.69, 9.17) is 0 Å². The molecule has 0 fully saturated rings. The molecule has 0 radical (unpaired) electrons. The van der Waals surface area contributed by atoms with Crippen molar-refractivity contribution in [2.24, 2.45) is 0 Å². The maximum absolute atomic E-state index is 10.7. The first kappa shape index (κ1) is 8.99. The molecule has 0 aliphatic carbocycles. The van der Waals surface area contributed by atoms with Crippen LogP contribution in [0.3, 0.4) is 0 Å². The van der Waals surface area contributed by atoms with Crippen molar-refractivity contribution in [3.8, 4) is 0 Å². The number of nitrogens with zero attached hydrogens (tertiary/aromatic N) is 1. The molecule has 5 heteroatoms. The molecule has 0 saturated heterocycles. The van der Waals surface area contributed by atoms with Gasteiger partial charge in [0.05, 0.1) is 12.8 Å². The number of aryl methyl sites for hydroxylation is 1. The van der Waals surface area contributed by atoms with E-state index >= 15 is 0 Å². The zero-order chi connectivity index (χ0) is 8.97. The summed E-state index contributed by atoms with van der Waals surface area (Å²) in [7, 11) is 1.32. The summed E-state index contributed by atoms with van der Waals surface area (Å²) in [6, 6.07) is 0. The van der Waals surface area contributed by atoms with Crippen molar-refractivity contribution in [2.45, 2.75) is 13.3 Å². The van der Waals surface area contributed by atoms with Crippen molar-refractivity contribution < 1.29 is 11.0 Å². The van der Waals surface area contributed by atoms with Gasteiger partial charge in [-0.05, 0) is 6.42 Å². The number of carbonyl (C=O) groups excluding carboxylic acids is 1. The van der Waals surface area contributed by atoms with E-state index < -0.39 is 6.09 Å². The zero-order valence-corrected chi connectivity index (χ0v) is 7.77. The van der Waals surface area contributed by atoms with Crippen LogP contribution in [0.2, 0.25) is 0 Å². The van der Waals surface area contributed by atoms with Crippen molar-refractivity contribution in [1.29, 1.82) is 0 Å². The van der Waals surface area contributed by atoms with E-state index in [2.05, 4.69) is 15.0 Å². The maximum Gasteiger partial charge on any atom is 0.413 e. The van der Waals surface area contributed by atoms with Crippen molar-refractivity contribution in [3.63, 3.8) is 0 Å². The minimum Gasteiger partial charge on any atom is -0.453 e. The van der Waals surface area contributed by atoms with E-state index in [9.17, 15) is 4.79 Å². The number of hydrogen-bond donors (Lipinski definition) is 1. The fraction of sp³-hybridized carbons (Fsp3) is 0.429. The van der Waals surface area contributed by atoms with Gasteiger partial charge in [-0.3, -0.25) is 5.32 Å². The summed E-state index contributed by atoms with van der Waals surface area (Å²) in [6.45, 7) is 2.01. The number of methoxy groups -OCH3 is 1. The highest BCUT2D eigenvalue weighted by Crippen LogP contribution is 2.15. The Hall–Kier alpha value is -1.10. The number of aromatic nitrogens is 1. The monoisotopic (exact) mass is 188 g/mol. The quantitative estimate of drug-likeness (QED) is 0.773. The van der Waals surface area contributed by atoms with Crippen LogP contribution in [-0.4, -0.2) is 18.2 Å². The van der Waals surface area contributed by atoms with Crippen LogP contribution in [0.5, 0.6) is 0 Å². The van der Waals surface area contributed by atoms with Crippen molar-refractivity contribution in [2.75, 3.05) is 12.4 Å². The predicted molar refractivity (Wildman–Crippen MR) is 49.6 cm³/mol. The molecular formula is C7H12N2O2S. The number of nitrogens with one attached hydrogen (secondary N) is 1. The molecule has 4 nitrogen and oxygen atoms in total. The highest BCUT2D eigenvalue weighted by atomic mass is 32.1. The molecule has 12 heavy (non-hydrogen) atoms. The number of rotatable bonds is 2. The summed E-state index contributed by atoms with van der Waals surface area (Å²) in [5.74, 6) is 0. The van der Waals surface area contributed by atoms with Crippen LogP contribution in [0.4, 0.5) is 9.93 Å². The third-order valence-corrected chi connectivity index (χ3v) is 2.11. The normalized spacial score (nSPS) is 9.50. The van der Waals surface area contributed by atoms with Crippen LogP contribution in [0.25, 0.3) is 0 Å². The van der Waals surface area contributed by atoms with Gasteiger partial charge >= 0.3 is 6.09 Å². The second-order valence-electron chi connectivity index (χ2n) is 2.11. The average Bonchev–Trinajstić information content (AvgIpc) is 2.52. The lowest BCUT2D eigenvalue weighted by molar-refractivity contribution is 0.187. The molecule has 0 aromatic carbocycles. The molecule has 1 N–H and O–H groups in total. The molecule has 0 saturated carbocycles. The summed E-state index contributed by atoms with van der Waals surface area (Å²) in [6.07, 6.45) is 0.395. The van der Waals surface area contributed by atoms with Crippen LogP contribution in [0.1, 0.15) is 14.0 Å². The smallest absolute Gasteiger partial charge is 0.413 e. The Morgan fingerprint density at radius 3 is 3.17 bits per heavy atom. The first-order chi connectivity index (χ1) is 5.76. The number of thiazole rings is 1. The molecule has 1 aromatic heterocycles. The van der Waals surface area contributed by atoms with Gasteiger partial charge in [-0.2, -0.15) is 0 Å². The third kappa shape index (κ3) is 2.20. The molecule has 0 aliphatic heterocycles. The van der Waals surface area contributed by atoms with Crippen LogP contribution < -0.4 is 5.32 Å². The second-order valence-corrected chi connectivity index (χ2v) is 2.97. The molecule has 0 atom stereocenters. The Morgan fingerprint density at radius 2 is 2.67 bits per heavy atom. The van der Waals surface area contributed by atoms with Gasteiger partial charge in [0.25, 0.3) is 0 Å². The Morgan fingerprint density at radius 1 is 1.92 bits per heavy atom. The summed E-state index contributed by atoms with van der Waals surface area (Å²) in [4.78, 5) is 14.8. The average molecular weight is 188 g/mol. The maximum atomic E-state index is 10.7.